The SMILES string of the molecule is Cc1nc(-c2ccc(C(C)C)cc2)sc1C(=O)NCC1(C)C=CC=CC1OC(C)(C)C(=O)O. The monoisotopic (exact) mass is 468 g/mol. The molecule has 176 valence electrons. The van der Waals surface area contributed by atoms with Gasteiger partial charge in [-0.15, -0.1) is 11.3 Å². The number of thiazole rings is 1. The van der Waals surface area contributed by atoms with Crippen LogP contribution in [-0.2, 0) is 9.53 Å². The highest BCUT2D eigenvalue weighted by Gasteiger charge is 2.40. The van der Waals surface area contributed by atoms with Crippen molar-refractivity contribution in [1.82, 2.24) is 10.3 Å². The Morgan fingerprint density at radius 2 is 1.91 bits per heavy atom. The van der Waals surface area contributed by atoms with Crippen molar-refractivity contribution in [2.24, 2.45) is 5.41 Å². The fraction of sp³-hybridized carbons (Fsp3) is 0.423. The summed E-state index contributed by atoms with van der Waals surface area (Å²) in [6, 6.07) is 8.28. The van der Waals surface area contributed by atoms with Crippen LogP contribution in [0, 0.1) is 12.3 Å². The van der Waals surface area contributed by atoms with Gasteiger partial charge in [-0.05, 0) is 32.3 Å². The Hall–Kier alpha value is -2.77. The summed E-state index contributed by atoms with van der Waals surface area (Å²) in [5, 5.41) is 13.2. The number of nitrogens with zero attached hydrogens (tertiary/aromatic N) is 1. The third-order valence-corrected chi connectivity index (χ3v) is 7.12. The van der Waals surface area contributed by atoms with E-state index in [1.807, 2.05) is 50.3 Å². The summed E-state index contributed by atoms with van der Waals surface area (Å²) in [5.74, 6) is -0.779. The number of aryl methyl sites for hydroxylation is 1. The molecule has 1 aromatic carbocycles. The van der Waals surface area contributed by atoms with Crippen LogP contribution in [0.3, 0.4) is 0 Å². The molecule has 2 N–H and O–H groups in total. The van der Waals surface area contributed by atoms with Crippen molar-refractivity contribution >= 4 is 23.2 Å². The first-order chi connectivity index (χ1) is 15.4. The topological polar surface area (TPSA) is 88.5 Å². The molecule has 0 bridgehead atoms. The summed E-state index contributed by atoms with van der Waals surface area (Å²) in [6.07, 6.45) is 6.99. The highest BCUT2D eigenvalue weighted by Crippen LogP contribution is 2.33. The van der Waals surface area contributed by atoms with E-state index in [-0.39, 0.29) is 5.91 Å². The van der Waals surface area contributed by atoms with Gasteiger partial charge in [0.2, 0.25) is 0 Å². The number of carboxylic acids is 1. The van der Waals surface area contributed by atoms with Gasteiger partial charge in [0.1, 0.15) is 9.88 Å². The molecule has 0 saturated heterocycles. The number of carbonyl (C=O) groups excluding carboxylic acids is 1. The van der Waals surface area contributed by atoms with Crippen LogP contribution < -0.4 is 5.32 Å². The number of amides is 1. The third-order valence-electron chi connectivity index (χ3n) is 5.92. The second-order valence-electron chi connectivity index (χ2n) is 9.50. The van der Waals surface area contributed by atoms with Crippen molar-refractivity contribution in [2.45, 2.75) is 59.2 Å². The zero-order valence-corrected chi connectivity index (χ0v) is 20.8. The molecule has 1 aliphatic rings. The van der Waals surface area contributed by atoms with Gasteiger partial charge in [0.05, 0.1) is 11.8 Å². The molecule has 33 heavy (non-hydrogen) atoms. The standard InChI is InChI=1S/C26H32N2O4S/c1-16(2)18-10-12-19(13-11-18)23-28-17(3)21(33-23)22(29)27-15-26(6)14-8-7-9-20(26)32-25(4,5)24(30)31/h7-14,16,20H,15H2,1-6H3,(H,27,29)(H,30,31). The first-order valence-corrected chi connectivity index (χ1v) is 11.9. The lowest BCUT2D eigenvalue weighted by Crippen LogP contribution is -2.48. The number of ether oxygens (including phenoxy) is 1. The summed E-state index contributed by atoms with van der Waals surface area (Å²) >= 11 is 1.37. The van der Waals surface area contributed by atoms with Gasteiger partial charge >= 0.3 is 5.97 Å². The number of carboxylic acid groups (broad SMARTS) is 1. The zero-order chi connectivity index (χ0) is 24.4. The molecule has 0 saturated carbocycles. The van der Waals surface area contributed by atoms with E-state index in [1.165, 1.54) is 30.7 Å². The van der Waals surface area contributed by atoms with Crippen LogP contribution in [0.2, 0.25) is 0 Å². The lowest BCUT2D eigenvalue weighted by Gasteiger charge is -2.38. The molecule has 1 heterocycles. The molecule has 0 aliphatic heterocycles. The fourth-order valence-electron chi connectivity index (χ4n) is 3.55. The normalized spacial score (nSPS) is 20.3. The van der Waals surface area contributed by atoms with Crippen LogP contribution in [0.1, 0.15) is 61.5 Å². The van der Waals surface area contributed by atoms with Crippen LogP contribution in [-0.4, -0.2) is 40.2 Å². The fourth-order valence-corrected chi connectivity index (χ4v) is 4.54. The minimum Gasteiger partial charge on any atom is -0.479 e. The van der Waals surface area contributed by atoms with Crippen molar-refractivity contribution < 1.29 is 19.4 Å². The van der Waals surface area contributed by atoms with Crippen molar-refractivity contribution in [3.63, 3.8) is 0 Å². The molecule has 1 aliphatic carbocycles. The van der Waals surface area contributed by atoms with Gasteiger partial charge in [-0.3, -0.25) is 4.79 Å². The Balaban J connectivity index is 1.73. The number of allylic oxidation sites excluding steroid dienone is 2. The maximum atomic E-state index is 13.0. The molecule has 2 aromatic rings. The molecule has 1 amide bonds. The van der Waals surface area contributed by atoms with Gasteiger partial charge in [0.25, 0.3) is 5.91 Å². The molecule has 0 fully saturated rings. The molecule has 0 spiro atoms. The largest absolute Gasteiger partial charge is 0.479 e. The molecular formula is C26H32N2O4S. The van der Waals surface area contributed by atoms with E-state index in [4.69, 9.17) is 4.74 Å². The maximum Gasteiger partial charge on any atom is 0.335 e. The Kier molecular flexibility index (Phi) is 7.24. The van der Waals surface area contributed by atoms with Gasteiger partial charge in [0.15, 0.2) is 5.60 Å². The molecule has 7 heteroatoms. The molecular weight excluding hydrogens is 436 g/mol. The van der Waals surface area contributed by atoms with E-state index in [1.54, 1.807) is 0 Å². The predicted octanol–water partition coefficient (Wildman–Crippen LogP) is 5.35. The average molecular weight is 469 g/mol. The van der Waals surface area contributed by atoms with E-state index in [0.29, 0.717) is 23.0 Å². The first-order valence-electron chi connectivity index (χ1n) is 11.1. The second-order valence-corrected chi connectivity index (χ2v) is 10.5. The Bertz CT molecular complexity index is 1080. The van der Waals surface area contributed by atoms with Crippen LogP contribution in [0.15, 0.2) is 48.6 Å². The summed E-state index contributed by atoms with van der Waals surface area (Å²) < 4.78 is 5.91. The van der Waals surface area contributed by atoms with E-state index >= 15 is 0 Å². The predicted molar refractivity (Wildman–Crippen MR) is 132 cm³/mol. The van der Waals surface area contributed by atoms with Crippen molar-refractivity contribution in [3.8, 4) is 10.6 Å². The maximum absolute atomic E-state index is 13.0. The number of nitrogens with one attached hydrogen (secondary N) is 1. The molecule has 6 nitrogen and oxygen atoms in total. The van der Waals surface area contributed by atoms with E-state index in [0.717, 1.165) is 10.6 Å². The van der Waals surface area contributed by atoms with E-state index < -0.39 is 23.1 Å². The van der Waals surface area contributed by atoms with Crippen molar-refractivity contribution in [3.05, 3.63) is 64.7 Å². The summed E-state index contributed by atoms with van der Waals surface area (Å²) in [7, 11) is 0. The highest BCUT2D eigenvalue weighted by molar-refractivity contribution is 7.17. The van der Waals surface area contributed by atoms with Gasteiger partial charge in [-0.1, -0.05) is 69.3 Å². The quantitative estimate of drug-likeness (QED) is 0.545. The molecule has 1 aromatic heterocycles. The number of aromatic nitrogens is 1. The molecule has 0 radical (unpaired) electrons. The van der Waals surface area contributed by atoms with E-state index in [2.05, 4.69) is 36.3 Å². The third kappa shape index (κ3) is 5.60. The van der Waals surface area contributed by atoms with Gasteiger partial charge in [0, 0.05) is 17.5 Å². The minimum absolute atomic E-state index is 0.199. The number of rotatable bonds is 8. The van der Waals surface area contributed by atoms with Gasteiger partial charge in [-0.25, -0.2) is 9.78 Å². The number of hydrogen-bond donors (Lipinski definition) is 2. The summed E-state index contributed by atoms with van der Waals surface area (Å²) in [4.78, 5) is 29.7. The lowest BCUT2D eigenvalue weighted by atomic mass is 9.80. The average Bonchev–Trinajstić information content (AvgIpc) is 3.15. The molecule has 2 atom stereocenters. The van der Waals surface area contributed by atoms with Crippen LogP contribution in [0.4, 0.5) is 0 Å². The number of hydrogen-bond acceptors (Lipinski definition) is 5. The molecule has 3 rings (SSSR count). The molecule has 2 unspecified atom stereocenters. The van der Waals surface area contributed by atoms with Crippen molar-refractivity contribution in [2.75, 3.05) is 6.54 Å². The van der Waals surface area contributed by atoms with Crippen LogP contribution >= 0.6 is 11.3 Å². The Morgan fingerprint density at radius 1 is 1.24 bits per heavy atom. The van der Waals surface area contributed by atoms with Gasteiger partial charge in [-0.2, -0.15) is 0 Å². The highest BCUT2D eigenvalue weighted by atomic mass is 32.1. The van der Waals surface area contributed by atoms with E-state index in [9.17, 15) is 14.7 Å². The lowest BCUT2D eigenvalue weighted by molar-refractivity contribution is -0.170. The minimum atomic E-state index is -1.35. The zero-order valence-electron chi connectivity index (χ0n) is 20.0. The van der Waals surface area contributed by atoms with Crippen LogP contribution in [0.5, 0.6) is 0 Å². The second kappa shape index (κ2) is 9.61. The number of benzene rings is 1. The van der Waals surface area contributed by atoms with Crippen molar-refractivity contribution in [1.29, 1.82) is 0 Å². The Labute approximate surface area is 199 Å². The van der Waals surface area contributed by atoms with Crippen LogP contribution in [0.25, 0.3) is 10.6 Å². The van der Waals surface area contributed by atoms with Gasteiger partial charge < -0.3 is 15.2 Å². The number of carbonyl (C=O) groups is 2. The number of aliphatic carboxylic acids is 1. The first kappa shape index (κ1) is 24.9. The Morgan fingerprint density at radius 3 is 2.52 bits per heavy atom. The smallest absolute Gasteiger partial charge is 0.335 e. The summed E-state index contributed by atoms with van der Waals surface area (Å²) in [6.45, 7) is 11.4. The summed E-state index contributed by atoms with van der Waals surface area (Å²) in [5.41, 5.74) is 0.994.